The molecule has 0 saturated carbocycles. The summed E-state index contributed by atoms with van der Waals surface area (Å²) in [5, 5.41) is 9.90. The van der Waals surface area contributed by atoms with Gasteiger partial charge in [-0.15, -0.1) is 0 Å². The number of nitrogens with two attached hydrogens (primary N) is 1. The fourth-order valence-electron chi connectivity index (χ4n) is 5.27. The van der Waals surface area contributed by atoms with Gasteiger partial charge in [0, 0.05) is 13.0 Å². The van der Waals surface area contributed by atoms with Crippen molar-refractivity contribution in [2.24, 2.45) is 5.73 Å². The number of phosphoric ester groups is 1. The standard InChI is InChI=1S/C39H74NO8P/c1-3-5-7-8-9-10-11-12-13-14-18-21-24-28-33-45-35-38(36-47-49(43,44)46-34-32-40)48-39(42)31-27-23-20-17-15-16-19-22-26-30-37(41)29-25-6-4-2/h19,22,26,28,30,33,37-38,41H,3-18,20-21,23-25,27,29,31-32,34-36,40H2,1-2H3,(H,43,44)/b22-19-,30-26+,33-28-. The zero-order valence-electron chi connectivity index (χ0n) is 31.3. The second-order valence-corrected chi connectivity index (χ2v) is 14.5. The summed E-state index contributed by atoms with van der Waals surface area (Å²) in [5.41, 5.74) is 5.34. The zero-order chi connectivity index (χ0) is 36.1. The SMILES string of the molecule is CCCCCCCCCCCCCC/C=C\OCC(COP(=O)(O)OCCN)OC(=O)CCCCCCC/C=C\C=C\C(O)CCCCC. The number of hydrogen-bond donors (Lipinski definition) is 3. The highest BCUT2D eigenvalue weighted by Crippen LogP contribution is 2.43. The van der Waals surface area contributed by atoms with Crippen molar-refractivity contribution in [3.63, 3.8) is 0 Å². The molecule has 0 spiro atoms. The second kappa shape index (κ2) is 36.3. The van der Waals surface area contributed by atoms with Gasteiger partial charge >= 0.3 is 13.8 Å². The van der Waals surface area contributed by atoms with E-state index in [0.29, 0.717) is 6.42 Å². The van der Waals surface area contributed by atoms with Crippen molar-refractivity contribution in [2.75, 3.05) is 26.4 Å². The third-order valence-electron chi connectivity index (χ3n) is 8.23. The molecular formula is C39H74NO8P. The number of aliphatic hydroxyl groups excluding tert-OH is 1. The minimum Gasteiger partial charge on any atom is -0.498 e. The Kier molecular flexibility index (Phi) is 35.2. The molecule has 0 aliphatic carbocycles. The van der Waals surface area contributed by atoms with Crippen LogP contribution in [0.15, 0.2) is 36.6 Å². The first-order valence-corrected chi connectivity index (χ1v) is 21.1. The maximum absolute atomic E-state index is 12.5. The first kappa shape index (κ1) is 47.5. The highest BCUT2D eigenvalue weighted by molar-refractivity contribution is 7.47. The van der Waals surface area contributed by atoms with Crippen molar-refractivity contribution in [3.05, 3.63) is 36.6 Å². The molecule has 0 aromatic carbocycles. The monoisotopic (exact) mass is 716 g/mol. The Morgan fingerprint density at radius 3 is 1.88 bits per heavy atom. The van der Waals surface area contributed by atoms with Crippen molar-refractivity contribution in [1.29, 1.82) is 0 Å². The molecule has 3 unspecified atom stereocenters. The van der Waals surface area contributed by atoms with Crippen LogP contribution in [0.5, 0.6) is 0 Å². The third kappa shape index (κ3) is 36.1. The maximum atomic E-state index is 12.5. The van der Waals surface area contributed by atoms with Crippen LogP contribution in [0.2, 0.25) is 0 Å². The summed E-state index contributed by atoms with van der Waals surface area (Å²) >= 11 is 0. The predicted octanol–water partition coefficient (Wildman–Crippen LogP) is 10.4. The second-order valence-electron chi connectivity index (χ2n) is 13.1. The van der Waals surface area contributed by atoms with E-state index in [2.05, 4.69) is 19.9 Å². The highest BCUT2D eigenvalue weighted by Gasteiger charge is 2.25. The summed E-state index contributed by atoms with van der Waals surface area (Å²) in [7, 11) is -4.30. The smallest absolute Gasteiger partial charge is 0.472 e. The van der Waals surface area contributed by atoms with Crippen LogP contribution in [0.3, 0.4) is 0 Å². The number of carbonyl (C=O) groups excluding carboxylic acids is 1. The quantitative estimate of drug-likeness (QED) is 0.0189. The van der Waals surface area contributed by atoms with E-state index in [4.69, 9.17) is 24.3 Å². The van der Waals surface area contributed by atoms with Gasteiger partial charge in [0.2, 0.25) is 0 Å². The van der Waals surface area contributed by atoms with Gasteiger partial charge in [-0.1, -0.05) is 147 Å². The van der Waals surface area contributed by atoms with Crippen LogP contribution in [-0.2, 0) is 27.9 Å². The summed E-state index contributed by atoms with van der Waals surface area (Å²) < 4.78 is 33.0. The van der Waals surface area contributed by atoms with Gasteiger partial charge in [-0.25, -0.2) is 4.57 Å². The van der Waals surface area contributed by atoms with E-state index in [1.165, 1.54) is 70.6 Å². The van der Waals surface area contributed by atoms with Crippen molar-refractivity contribution >= 4 is 13.8 Å². The van der Waals surface area contributed by atoms with E-state index in [1.807, 2.05) is 24.3 Å². The Balaban J connectivity index is 4.21. The molecule has 10 heteroatoms. The van der Waals surface area contributed by atoms with E-state index >= 15 is 0 Å². The molecule has 0 amide bonds. The lowest BCUT2D eigenvalue weighted by Gasteiger charge is -2.19. The van der Waals surface area contributed by atoms with Crippen molar-refractivity contribution in [2.45, 2.75) is 180 Å². The molecule has 49 heavy (non-hydrogen) atoms. The van der Waals surface area contributed by atoms with Crippen LogP contribution in [-0.4, -0.2) is 54.5 Å². The summed E-state index contributed by atoms with van der Waals surface area (Å²) in [4.78, 5) is 22.4. The summed E-state index contributed by atoms with van der Waals surface area (Å²) in [6.07, 6.45) is 37.1. The molecule has 0 bridgehead atoms. The van der Waals surface area contributed by atoms with Crippen molar-refractivity contribution in [1.82, 2.24) is 0 Å². The average molecular weight is 716 g/mol. The minimum absolute atomic E-state index is 0.0120. The number of carbonyl (C=O) groups is 1. The van der Waals surface area contributed by atoms with E-state index < -0.39 is 13.9 Å². The van der Waals surface area contributed by atoms with E-state index in [1.54, 1.807) is 6.26 Å². The normalized spacial score (nSPS) is 14.6. The van der Waals surface area contributed by atoms with Gasteiger partial charge in [-0.3, -0.25) is 13.8 Å². The minimum atomic E-state index is -4.30. The molecule has 4 N–H and O–H groups in total. The first-order chi connectivity index (χ1) is 23.8. The van der Waals surface area contributed by atoms with Gasteiger partial charge in [-0.05, 0) is 44.6 Å². The summed E-state index contributed by atoms with van der Waals surface area (Å²) in [6, 6.07) is 0. The molecule has 0 aliphatic rings. The largest absolute Gasteiger partial charge is 0.498 e. The maximum Gasteiger partial charge on any atom is 0.472 e. The van der Waals surface area contributed by atoms with E-state index in [0.717, 1.165) is 70.6 Å². The number of phosphoric acid groups is 1. The molecule has 3 atom stereocenters. The predicted molar refractivity (Wildman–Crippen MR) is 202 cm³/mol. The Bertz CT molecular complexity index is 866. The van der Waals surface area contributed by atoms with Crippen LogP contribution in [0, 0.1) is 0 Å². The van der Waals surface area contributed by atoms with E-state index in [-0.39, 0.29) is 44.9 Å². The molecular weight excluding hydrogens is 641 g/mol. The molecule has 0 heterocycles. The molecule has 0 rings (SSSR count). The lowest BCUT2D eigenvalue weighted by atomic mass is 10.0. The molecule has 0 fully saturated rings. The number of allylic oxidation sites excluding steroid dienone is 4. The van der Waals surface area contributed by atoms with Crippen molar-refractivity contribution < 1.29 is 37.9 Å². The molecule has 9 nitrogen and oxygen atoms in total. The third-order valence-corrected chi connectivity index (χ3v) is 9.21. The summed E-state index contributed by atoms with van der Waals surface area (Å²) in [6.45, 7) is 4.07. The van der Waals surface area contributed by atoms with Gasteiger partial charge < -0.3 is 25.2 Å². The fraction of sp³-hybridized carbons (Fsp3) is 0.821. The number of aliphatic hydroxyl groups is 1. The van der Waals surface area contributed by atoms with Crippen LogP contribution in [0.1, 0.15) is 168 Å². The summed E-state index contributed by atoms with van der Waals surface area (Å²) in [5.74, 6) is -0.389. The Morgan fingerprint density at radius 1 is 0.714 bits per heavy atom. The average Bonchev–Trinajstić information content (AvgIpc) is 3.08. The number of hydrogen-bond acceptors (Lipinski definition) is 8. The molecule has 0 aliphatic heterocycles. The van der Waals surface area contributed by atoms with Gasteiger partial charge in [0.05, 0.1) is 25.6 Å². The van der Waals surface area contributed by atoms with E-state index in [9.17, 15) is 19.4 Å². The molecule has 0 saturated heterocycles. The lowest BCUT2D eigenvalue weighted by molar-refractivity contribution is -0.153. The number of rotatable bonds is 37. The molecule has 0 aromatic rings. The number of unbranched alkanes of at least 4 members (excludes halogenated alkanes) is 19. The van der Waals surface area contributed by atoms with Gasteiger partial charge in [0.15, 0.2) is 6.10 Å². The van der Waals surface area contributed by atoms with Gasteiger partial charge in [0.25, 0.3) is 0 Å². The van der Waals surface area contributed by atoms with Gasteiger partial charge in [0.1, 0.15) is 6.61 Å². The fourth-order valence-corrected chi connectivity index (χ4v) is 6.04. The van der Waals surface area contributed by atoms with Crippen molar-refractivity contribution in [3.8, 4) is 0 Å². The Morgan fingerprint density at radius 2 is 1.27 bits per heavy atom. The first-order valence-electron chi connectivity index (χ1n) is 19.6. The Labute approximate surface area is 300 Å². The molecule has 288 valence electrons. The van der Waals surface area contributed by atoms with Crippen LogP contribution in [0.4, 0.5) is 0 Å². The van der Waals surface area contributed by atoms with Crippen LogP contribution >= 0.6 is 7.82 Å². The topological polar surface area (TPSA) is 138 Å². The van der Waals surface area contributed by atoms with Gasteiger partial charge in [-0.2, -0.15) is 0 Å². The molecule has 0 radical (unpaired) electrons. The Hall–Kier alpha value is -1.48. The van der Waals surface area contributed by atoms with Crippen LogP contribution < -0.4 is 5.73 Å². The number of esters is 1. The van der Waals surface area contributed by atoms with Crippen LogP contribution in [0.25, 0.3) is 0 Å². The zero-order valence-corrected chi connectivity index (χ0v) is 32.2. The highest BCUT2D eigenvalue weighted by atomic mass is 31.2. The molecule has 0 aromatic heterocycles. The number of ether oxygens (including phenoxy) is 2. The lowest BCUT2D eigenvalue weighted by Crippen LogP contribution is -2.27.